The molecule has 0 aromatic rings. The Morgan fingerprint density at radius 1 is 1.29 bits per heavy atom. The molecule has 1 atom stereocenters. The number of aliphatic carboxylic acids is 1. The van der Waals surface area contributed by atoms with Gasteiger partial charge in [-0.05, 0) is 19.8 Å². The van der Waals surface area contributed by atoms with Crippen molar-refractivity contribution in [3.05, 3.63) is 0 Å². The van der Waals surface area contributed by atoms with E-state index in [1.165, 1.54) is 13.3 Å². The van der Waals surface area contributed by atoms with Crippen molar-refractivity contribution < 1.29 is 19.8 Å². The number of carbonyl (C=O) groups excluding carboxylic acids is 1. The molecule has 17 heavy (non-hydrogen) atoms. The van der Waals surface area contributed by atoms with E-state index < -0.39 is 17.8 Å². The number of carbonyl (C=O) groups is 2. The lowest BCUT2D eigenvalue weighted by atomic mass is 9.74. The molecule has 1 amide bonds. The van der Waals surface area contributed by atoms with Crippen LogP contribution in [0, 0.1) is 11.3 Å². The van der Waals surface area contributed by atoms with Gasteiger partial charge in [-0.15, -0.1) is 0 Å². The predicted molar refractivity (Wildman–Crippen MR) is 62.4 cm³/mol. The van der Waals surface area contributed by atoms with E-state index >= 15 is 0 Å². The van der Waals surface area contributed by atoms with Gasteiger partial charge in [0.05, 0.1) is 6.61 Å². The number of aliphatic hydroxyl groups excluding tert-OH is 1. The molecule has 1 aliphatic rings. The van der Waals surface area contributed by atoms with Crippen molar-refractivity contribution in [1.82, 2.24) is 5.32 Å². The molecular formula is C12H21NO4. The molecule has 0 heterocycles. The number of nitrogens with one attached hydrogen (secondary N) is 1. The minimum absolute atomic E-state index is 0.0503. The highest BCUT2D eigenvalue weighted by atomic mass is 16.4. The Bertz CT molecular complexity index is 284. The molecule has 0 bridgehead atoms. The van der Waals surface area contributed by atoms with Crippen molar-refractivity contribution in [2.75, 3.05) is 13.2 Å². The van der Waals surface area contributed by atoms with Crippen LogP contribution in [0.4, 0.5) is 0 Å². The summed E-state index contributed by atoms with van der Waals surface area (Å²) in [5.41, 5.74) is -0.244. The summed E-state index contributed by atoms with van der Waals surface area (Å²) in [6.45, 7) is 1.79. The maximum Gasteiger partial charge on any atom is 0.315 e. The first-order valence-electron chi connectivity index (χ1n) is 6.12. The number of amides is 1. The molecule has 0 saturated heterocycles. The summed E-state index contributed by atoms with van der Waals surface area (Å²) >= 11 is 0. The normalized spacial score (nSPS) is 20.6. The fraction of sp³-hybridized carbons (Fsp3) is 0.833. The van der Waals surface area contributed by atoms with Gasteiger partial charge >= 0.3 is 5.97 Å². The number of hydrogen-bond acceptors (Lipinski definition) is 3. The fourth-order valence-electron chi connectivity index (χ4n) is 2.23. The van der Waals surface area contributed by atoms with Gasteiger partial charge < -0.3 is 15.5 Å². The molecule has 0 aromatic carbocycles. The Hall–Kier alpha value is -1.10. The van der Waals surface area contributed by atoms with Crippen molar-refractivity contribution in [2.45, 2.75) is 39.0 Å². The van der Waals surface area contributed by atoms with Crippen LogP contribution in [-0.4, -0.2) is 35.2 Å². The number of hydrogen-bond donors (Lipinski definition) is 3. The van der Waals surface area contributed by atoms with Crippen LogP contribution >= 0.6 is 0 Å². The molecule has 0 aromatic heterocycles. The first kappa shape index (κ1) is 14.0. The van der Waals surface area contributed by atoms with Crippen LogP contribution in [-0.2, 0) is 9.59 Å². The van der Waals surface area contributed by atoms with Crippen LogP contribution in [0.3, 0.4) is 0 Å². The van der Waals surface area contributed by atoms with Crippen LogP contribution < -0.4 is 5.32 Å². The van der Waals surface area contributed by atoms with E-state index in [2.05, 4.69) is 5.32 Å². The van der Waals surface area contributed by atoms with Gasteiger partial charge in [0.2, 0.25) is 5.91 Å². The lowest BCUT2D eigenvalue weighted by molar-refractivity contribution is -0.146. The van der Waals surface area contributed by atoms with E-state index in [4.69, 9.17) is 5.11 Å². The van der Waals surface area contributed by atoms with Crippen molar-refractivity contribution >= 4 is 11.9 Å². The lowest BCUT2D eigenvalue weighted by Gasteiger charge is -2.35. The van der Waals surface area contributed by atoms with Gasteiger partial charge in [0.15, 0.2) is 0 Å². The fourth-order valence-corrected chi connectivity index (χ4v) is 2.23. The van der Waals surface area contributed by atoms with Gasteiger partial charge in [0.1, 0.15) is 5.92 Å². The topological polar surface area (TPSA) is 86.6 Å². The summed E-state index contributed by atoms with van der Waals surface area (Å²) in [6, 6.07) is 0. The average Bonchev–Trinajstić information content (AvgIpc) is 2.36. The van der Waals surface area contributed by atoms with Crippen molar-refractivity contribution in [3.63, 3.8) is 0 Å². The molecular weight excluding hydrogens is 222 g/mol. The molecule has 1 unspecified atom stereocenters. The van der Waals surface area contributed by atoms with E-state index in [0.29, 0.717) is 6.54 Å². The highest BCUT2D eigenvalue weighted by Gasteiger charge is 2.32. The molecule has 1 fully saturated rings. The minimum atomic E-state index is -1.12. The van der Waals surface area contributed by atoms with E-state index in [1.807, 2.05) is 0 Å². The summed E-state index contributed by atoms with van der Waals surface area (Å²) < 4.78 is 0. The van der Waals surface area contributed by atoms with Crippen molar-refractivity contribution in [3.8, 4) is 0 Å². The third-order valence-corrected chi connectivity index (χ3v) is 3.65. The average molecular weight is 243 g/mol. The number of carboxylic acids is 1. The van der Waals surface area contributed by atoms with Crippen LogP contribution in [0.15, 0.2) is 0 Å². The summed E-state index contributed by atoms with van der Waals surface area (Å²) in [6.07, 6.45) is 5.08. The first-order chi connectivity index (χ1) is 8.01. The quantitative estimate of drug-likeness (QED) is 0.622. The Balaban J connectivity index is 2.47. The standard InChI is InChI=1S/C12H21NO4/c1-9(11(16)17)10(15)13-7-12(8-14)5-3-2-4-6-12/h9,14H,2-8H2,1H3,(H,13,15)(H,16,17). The van der Waals surface area contributed by atoms with E-state index in [9.17, 15) is 14.7 Å². The third kappa shape index (κ3) is 3.70. The Kier molecular flexibility index (Phi) is 4.93. The molecule has 98 valence electrons. The van der Waals surface area contributed by atoms with E-state index in [1.54, 1.807) is 0 Å². The number of rotatable bonds is 5. The SMILES string of the molecule is CC(C(=O)O)C(=O)NCC1(CO)CCCCC1. The molecule has 1 aliphatic carbocycles. The molecule has 1 rings (SSSR count). The van der Waals surface area contributed by atoms with Gasteiger partial charge in [-0.2, -0.15) is 0 Å². The molecule has 0 spiro atoms. The maximum absolute atomic E-state index is 11.5. The number of carboxylic acid groups (broad SMARTS) is 1. The highest BCUT2D eigenvalue weighted by molar-refractivity contribution is 5.96. The predicted octanol–water partition coefficient (Wildman–Crippen LogP) is 0.766. The molecule has 3 N–H and O–H groups in total. The molecule has 0 radical (unpaired) electrons. The zero-order valence-electron chi connectivity index (χ0n) is 10.2. The largest absolute Gasteiger partial charge is 0.481 e. The molecule has 0 aliphatic heterocycles. The number of aliphatic hydroxyl groups is 1. The van der Waals surface area contributed by atoms with Gasteiger partial charge in [-0.1, -0.05) is 19.3 Å². The Labute approximate surface area is 101 Å². The zero-order valence-corrected chi connectivity index (χ0v) is 10.2. The van der Waals surface area contributed by atoms with Gasteiger partial charge in [0.25, 0.3) is 0 Å². The van der Waals surface area contributed by atoms with E-state index in [0.717, 1.165) is 25.7 Å². The highest BCUT2D eigenvalue weighted by Crippen LogP contribution is 2.35. The van der Waals surface area contributed by atoms with Crippen LogP contribution in [0.2, 0.25) is 0 Å². The maximum atomic E-state index is 11.5. The second-order valence-electron chi connectivity index (χ2n) is 5.00. The lowest BCUT2D eigenvalue weighted by Crippen LogP contribution is -2.44. The van der Waals surface area contributed by atoms with Gasteiger partial charge in [-0.3, -0.25) is 9.59 Å². The van der Waals surface area contributed by atoms with Crippen LogP contribution in [0.1, 0.15) is 39.0 Å². The van der Waals surface area contributed by atoms with Crippen LogP contribution in [0.5, 0.6) is 0 Å². The Morgan fingerprint density at radius 3 is 2.35 bits per heavy atom. The summed E-state index contributed by atoms with van der Waals surface area (Å²) in [5.74, 6) is -2.63. The molecule has 5 nitrogen and oxygen atoms in total. The second kappa shape index (κ2) is 6.00. The second-order valence-corrected chi connectivity index (χ2v) is 5.00. The van der Waals surface area contributed by atoms with Gasteiger partial charge in [-0.25, -0.2) is 0 Å². The van der Waals surface area contributed by atoms with Crippen molar-refractivity contribution in [2.24, 2.45) is 11.3 Å². The zero-order chi connectivity index (χ0) is 12.9. The van der Waals surface area contributed by atoms with Crippen molar-refractivity contribution in [1.29, 1.82) is 0 Å². The Morgan fingerprint density at radius 2 is 1.88 bits per heavy atom. The minimum Gasteiger partial charge on any atom is -0.481 e. The molecule has 5 heteroatoms. The van der Waals surface area contributed by atoms with E-state index in [-0.39, 0.29) is 12.0 Å². The monoisotopic (exact) mass is 243 g/mol. The van der Waals surface area contributed by atoms with Crippen LogP contribution in [0.25, 0.3) is 0 Å². The summed E-state index contributed by atoms with van der Waals surface area (Å²) in [4.78, 5) is 22.1. The summed E-state index contributed by atoms with van der Waals surface area (Å²) in [5, 5.41) is 20.8. The summed E-state index contributed by atoms with van der Waals surface area (Å²) in [7, 11) is 0. The van der Waals surface area contributed by atoms with Gasteiger partial charge in [0, 0.05) is 12.0 Å². The third-order valence-electron chi connectivity index (χ3n) is 3.65. The molecule has 1 saturated carbocycles. The smallest absolute Gasteiger partial charge is 0.315 e. The first-order valence-corrected chi connectivity index (χ1v) is 6.12.